The summed E-state index contributed by atoms with van der Waals surface area (Å²) in [4.78, 5) is 3.72. The van der Waals surface area contributed by atoms with Crippen molar-refractivity contribution in [2.45, 2.75) is 0 Å². The SMILES string of the molecule is [Na+].[Na+].[O-]c1nc([O-])c(-c2ccccc2)s1. The van der Waals surface area contributed by atoms with Crippen molar-refractivity contribution >= 4 is 11.3 Å². The van der Waals surface area contributed by atoms with Gasteiger partial charge in [-0.05, 0) is 5.56 Å². The van der Waals surface area contributed by atoms with E-state index in [4.69, 9.17) is 0 Å². The van der Waals surface area contributed by atoms with E-state index in [0.717, 1.165) is 16.9 Å². The Kier molecular flexibility index (Phi) is 7.12. The number of thiazole rings is 1. The van der Waals surface area contributed by atoms with Gasteiger partial charge in [0.05, 0.1) is 0 Å². The summed E-state index contributed by atoms with van der Waals surface area (Å²) in [6.45, 7) is 0. The van der Waals surface area contributed by atoms with E-state index in [0.29, 0.717) is 4.88 Å². The van der Waals surface area contributed by atoms with E-state index >= 15 is 0 Å². The van der Waals surface area contributed by atoms with Crippen LogP contribution in [0.25, 0.3) is 10.4 Å². The van der Waals surface area contributed by atoms with Crippen molar-refractivity contribution in [2.75, 3.05) is 0 Å². The van der Waals surface area contributed by atoms with Crippen molar-refractivity contribution in [1.82, 2.24) is 4.98 Å². The smallest absolute Gasteiger partial charge is 0.858 e. The largest absolute Gasteiger partial charge is 1.00 e. The number of nitrogens with zero attached hydrogens (tertiary/aromatic N) is 1. The van der Waals surface area contributed by atoms with Gasteiger partial charge in [-0.15, -0.1) is 11.3 Å². The second kappa shape index (κ2) is 6.91. The molecular formula is C9H5NNa2O2S. The summed E-state index contributed by atoms with van der Waals surface area (Å²) in [5.41, 5.74) is 0.757. The fourth-order valence-corrected chi connectivity index (χ4v) is 1.75. The Morgan fingerprint density at radius 1 is 1.00 bits per heavy atom. The van der Waals surface area contributed by atoms with Crippen LogP contribution in [-0.4, -0.2) is 4.98 Å². The average Bonchev–Trinajstić information content (AvgIpc) is 2.47. The summed E-state index contributed by atoms with van der Waals surface area (Å²) < 4.78 is 0. The van der Waals surface area contributed by atoms with E-state index in [2.05, 4.69) is 4.98 Å². The summed E-state index contributed by atoms with van der Waals surface area (Å²) in [6, 6.07) is 9.06. The van der Waals surface area contributed by atoms with Crippen molar-refractivity contribution < 1.29 is 69.3 Å². The first-order valence-corrected chi connectivity index (χ1v) is 4.49. The van der Waals surface area contributed by atoms with Gasteiger partial charge in [-0.3, -0.25) is 4.98 Å². The minimum atomic E-state index is -0.429. The van der Waals surface area contributed by atoms with Gasteiger partial charge in [-0.1, -0.05) is 30.3 Å². The number of rotatable bonds is 1. The molecule has 6 heteroatoms. The van der Waals surface area contributed by atoms with E-state index in [1.807, 2.05) is 18.2 Å². The maximum Gasteiger partial charge on any atom is 1.00 e. The van der Waals surface area contributed by atoms with E-state index in [9.17, 15) is 10.2 Å². The molecule has 1 aromatic heterocycles. The quantitative estimate of drug-likeness (QED) is 0.466. The van der Waals surface area contributed by atoms with Gasteiger partial charge >= 0.3 is 59.1 Å². The van der Waals surface area contributed by atoms with Crippen molar-refractivity contribution in [2.24, 2.45) is 0 Å². The first-order chi connectivity index (χ1) is 6.27. The molecule has 1 heterocycles. The van der Waals surface area contributed by atoms with Crippen molar-refractivity contribution in [3.63, 3.8) is 0 Å². The molecule has 0 spiro atoms. The molecule has 0 aliphatic heterocycles. The topological polar surface area (TPSA) is 59.0 Å². The van der Waals surface area contributed by atoms with Gasteiger partial charge in [0, 0.05) is 16.0 Å². The van der Waals surface area contributed by atoms with E-state index in [-0.39, 0.29) is 59.1 Å². The van der Waals surface area contributed by atoms with Crippen LogP contribution in [0, 0.1) is 0 Å². The minimum absolute atomic E-state index is 0. The molecule has 0 radical (unpaired) electrons. The van der Waals surface area contributed by atoms with Crippen LogP contribution >= 0.6 is 11.3 Å². The van der Waals surface area contributed by atoms with Gasteiger partial charge in [-0.2, -0.15) is 0 Å². The molecule has 66 valence electrons. The third kappa shape index (κ3) is 3.75. The van der Waals surface area contributed by atoms with Gasteiger partial charge in [0.15, 0.2) is 0 Å². The predicted molar refractivity (Wildman–Crippen MR) is 46.4 cm³/mol. The third-order valence-corrected chi connectivity index (χ3v) is 2.49. The van der Waals surface area contributed by atoms with Crippen molar-refractivity contribution in [3.05, 3.63) is 30.3 Å². The summed E-state index contributed by atoms with van der Waals surface area (Å²) in [5.74, 6) is -0.429. The molecule has 0 aliphatic rings. The van der Waals surface area contributed by atoms with Crippen LogP contribution in [0.15, 0.2) is 30.3 Å². The maximum atomic E-state index is 11.1. The zero-order chi connectivity index (χ0) is 9.26. The zero-order valence-corrected chi connectivity index (χ0v) is 13.4. The number of hydrogen-bond donors (Lipinski definition) is 0. The van der Waals surface area contributed by atoms with E-state index in [1.54, 1.807) is 12.1 Å². The molecule has 0 N–H and O–H groups in total. The molecule has 3 nitrogen and oxygen atoms in total. The van der Waals surface area contributed by atoms with Crippen LogP contribution in [-0.2, 0) is 0 Å². The number of hydrogen-bond acceptors (Lipinski definition) is 4. The summed E-state index contributed by atoms with van der Waals surface area (Å²) in [5, 5.41) is 21.5. The Morgan fingerprint density at radius 3 is 2.07 bits per heavy atom. The van der Waals surface area contributed by atoms with Crippen LogP contribution in [0.5, 0.6) is 11.1 Å². The summed E-state index contributed by atoms with van der Waals surface area (Å²) >= 11 is 0.888. The summed E-state index contributed by atoms with van der Waals surface area (Å²) in [6.07, 6.45) is 0. The zero-order valence-electron chi connectivity index (χ0n) is 8.56. The van der Waals surface area contributed by atoms with Gasteiger partial charge in [-0.25, -0.2) is 0 Å². The molecule has 1 aromatic carbocycles. The summed E-state index contributed by atoms with van der Waals surface area (Å²) in [7, 11) is 0. The van der Waals surface area contributed by atoms with Crippen molar-refractivity contribution in [1.29, 1.82) is 0 Å². The monoisotopic (exact) mass is 237 g/mol. The van der Waals surface area contributed by atoms with Crippen LogP contribution in [0.2, 0.25) is 0 Å². The molecule has 0 unspecified atom stereocenters. The maximum absolute atomic E-state index is 11.1. The standard InChI is InChI=1S/C9H7NO2S.2Na/c11-8-7(13-9(12)10-8)6-4-2-1-3-5-6;;/h1-5,11H,(H,10,12);;/q;2*+1/p-2. The van der Waals surface area contributed by atoms with Gasteiger partial charge in [0.25, 0.3) is 0 Å². The predicted octanol–water partition coefficient (Wildman–Crippen LogP) is -5.03. The first-order valence-electron chi connectivity index (χ1n) is 3.67. The van der Waals surface area contributed by atoms with Gasteiger partial charge in [0.1, 0.15) is 0 Å². The molecule has 0 saturated carbocycles. The van der Waals surface area contributed by atoms with Crippen LogP contribution < -0.4 is 69.3 Å². The third-order valence-electron chi connectivity index (χ3n) is 1.61. The molecule has 0 atom stereocenters. The van der Waals surface area contributed by atoms with Crippen molar-refractivity contribution in [3.8, 4) is 21.5 Å². The fraction of sp³-hybridized carbons (Fsp3) is 0. The van der Waals surface area contributed by atoms with Gasteiger partial charge < -0.3 is 10.2 Å². The van der Waals surface area contributed by atoms with Gasteiger partial charge in [0.2, 0.25) is 0 Å². The second-order valence-electron chi connectivity index (χ2n) is 2.48. The molecule has 15 heavy (non-hydrogen) atoms. The Balaban J connectivity index is 0.000000980. The molecular weight excluding hydrogens is 232 g/mol. The molecule has 0 amide bonds. The van der Waals surface area contributed by atoms with Crippen LogP contribution in [0.1, 0.15) is 0 Å². The normalized spacial score (nSPS) is 8.80. The molecule has 2 rings (SSSR count). The molecule has 0 bridgehead atoms. The average molecular weight is 237 g/mol. The minimum Gasteiger partial charge on any atom is -0.858 e. The molecule has 0 aliphatic carbocycles. The van der Waals surface area contributed by atoms with Crippen LogP contribution in [0.4, 0.5) is 0 Å². The number of aromatic nitrogens is 1. The Labute approximate surface area is 136 Å². The molecule has 0 saturated heterocycles. The van der Waals surface area contributed by atoms with E-state index in [1.165, 1.54) is 0 Å². The fourth-order valence-electron chi connectivity index (χ4n) is 1.06. The molecule has 0 fully saturated rings. The number of benzene rings is 1. The molecule has 2 aromatic rings. The van der Waals surface area contributed by atoms with Crippen LogP contribution in [0.3, 0.4) is 0 Å². The first kappa shape index (κ1) is 15.4. The van der Waals surface area contributed by atoms with E-state index < -0.39 is 11.1 Å². The Bertz CT molecular complexity index is 419. The second-order valence-corrected chi connectivity index (χ2v) is 3.44. The Morgan fingerprint density at radius 2 is 1.60 bits per heavy atom. The Hall–Kier alpha value is 0.450.